The lowest BCUT2D eigenvalue weighted by Crippen LogP contribution is -2.35. The molecule has 0 aliphatic rings. The fourth-order valence-electron chi connectivity index (χ4n) is 1.12. The van der Waals surface area contributed by atoms with Gasteiger partial charge in [0, 0.05) is 18.3 Å². The smallest absolute Gasteiger partial charge is 0.282 e. The zero-order valence-electron chi connectivity index (χ0n) is 8.45. The molecule has 0 aromatic carbocycles. The maximum atomic E-state index is 12.6. The van der Waals surface area contributed by atoms with Gasteiger partial charge < -0.3 is 10.4 Å². The fraction of sp³-hybridized carbons (Fsp3) is 0.400. The molecule has 2 N–H and O–H groups in total. The van der Waals surface area contributed by atoms with Gasteiger partial charge in [0.05, 0.1) is 6.54 Å². The normalized spacial score (nSPS) is 11.1. The van der Waals surface area contributed by atoms with Gasteiger partial charge in [0.25, 0.3) is 5.92 Å². The molecule has 0 unspecified atom stereocenters. The maximum Gasteiger partial charge on any atom is 0.282 e. The van der Waals surface area contributed by atoms with Crippen molar-refractivity contribution >= 4 is 0 Å². The zero-order valence-corrected chi connectivity index (χ0v) is 8.45. The molecule has 4 nitrogen and oxygen atoms in total. The Bertz CT molecular complexity index is 390. The van der Waals surface area contributed by atoms with Crippen molar-refractivity contribution in [1.29, 1.82) is 5.26 Å². The zero-order chi connectivity index (χ0) is 12.0. The lowest BCUT2D eigenvalue weighted by molar-refractivity contribution is -0.0477. The van der Waals surface area contributed by atoms with Gasteiger partial charge in [-0.1, -0.05) is 6.07 Å². The summed E-state index contributed by atoms with van der Waals surface area (Å²) in [4.78, 5) is 3.79. The number of pyridine rings is 1. The Balaban J connectivity index is 2.53. The Morgan fingerprint density at radius 2 is 2.31 bits per heavy atom. The lowest BCUT2D eigenvalue weighted by atomic mass is 10.2. The Morgan fingerprint density at radius 1 is 1.56 bits per heavy atom. The van der Waals surface area contributed by atoms with E-state index in [0.29, 0.717) is 5.56 Å². The van der Waals surface area contributed by atoms with Crippen molar-refractivity contribution in [3.8, 4) is 6.07 Å². The van der Waals surface area contributed by atoms with Crippen molar-refractivity contribution in [2.24, 2.45) is 0 Å². The molecule has 0 aliphatic heterocycles. The van der Waals surface area contributed by atoms with E-state index in [0.717, 1.165) is 0 Å². The first-order chi connectivity index (χ1) is 7.59. The average molecular weight is 227 g/mol. The second-order valence-corrected chi connectivity index (χ2v) is 3.24. The topological polar surface area (TPSA) is 68.9 Å². The van der Waals surface area contributed by atoms with Crippen molar-refractivity contribution in [2.75, 3.05) is 13.2 Å². The monoisotopic (exact) mass is 227 g/mol. The Labute approximate surface area is 91.5 Å². The first-order valence-electron chi connectivity index (χ1n) is 4.62. The molecule has 1 aromatic heterocycles. The number of aliphatic hydroxyl groups excluding tert-OH is 1. The molecular weight excluding hydrogens is 216 g/mol. The molecule has 0 fully saturated rings. The van der Waals surface area contributed by atoms with E-state index >= 15 is 0 Å². The lowest BCUT2D eigenvalue weighted by Gasteiger charge is -2.13. The summed E-state index contributed by atoms with van der Waals surface area (Å²) >= 11 is 0. The van der Waals surface area contributed by atoms with Crippen molar-refractivity contribution in [3.63, 3.8) is 0 Å². The number of hydrogen-bond donors (Lipinski definition) is 2. The summed E-state index contributed by atoms with van der Waals surface area (Å²) in [7, 11) is 0. The van der Waals surface area contributed by atoms with E-state index in [-0.39, 0.29) is 12.2 Å². The number of aliphatic hydroxyl groups is 1. The summed E-state index contributed by atoms with van der Waals surface area (Å²) in [5, 5.41) is 19.5. The van der Waals surface area contributed by atoms with Gasteiger partial charge in [-0.3, -0.25) is 0 Å². The second-order valence-electron chi connectivity index (χ2n) is 3.24. The molecule has 16 heavy (non-hydrogen) atoms. The minimum Gasteiger partial charge on any atom is -0.390 e. The summed E-state index contributed by atoms with van der Waals surface area (Å²) in [5.41, 5.74) is 0.765. The molecule has 0 spiro atoms. The van der Waals surface area contributed by atoms with E-state index in [4.69, 9.17) is 10.4 Å². The number of hydrogen-bond acceptors (Lipinski definition) is 4. The number of alkyl halides is 2. The minimum absolute atomic E-state index is 0.117. The second kappa shape index (κ2) is 5.49. The highest BCUT2D eigenvalue weighted by Gasteiger charge is 2.26. The van der Waals surface area contributed by atoms with Gasteiger partial charge in [0.2, 0.25) is 0 Å². The van der Waals surface area contributed by atoms with Crippen LogP contribution in [0.2, 0.25) is 0 Å². The van der Waals surface area contributed by atoms with Crippen LogP contribution >= 0.6 is 0 Å². The van der Waals surface area contributed by atoms with Gasteiger partial charge in [-0.15, -0.1) is 0 Å². The van der Waals surface area contributed by atoms with E-state index in [1.54, 1.807) is 12.1 Å². The SMILES string of the molecule is N#Cc1ncccc1CNCC(F)(F)CO. The molecule has 6 heteroatoms. The molecule has 0 aliphatic carbocycles. The van der Waals surface area contributed by atoms with E-state index in [9.17, 15) is 8.78 Å². The minimum atomic E-state index is -3.14. The van der Waals surface area contributed by atoms with E-state index in [1.807, 2.05) is 6.07 Å². The quantitative estimate of drug-likeness (QED) is 0.775. The number of halogens is 2. The molecule has 0 bridgehead atoms. The average Bonchev–Trinajstić information content (AvgIpc) is 2.29. The first kappa shape index (κ1) is 12.5. The highest BCUT2D eigenvalue weighted by Crippen LogP contribution is 2.10. The van der Waals surface area contributed by atoms with Gasteiger partial charge in [0.1, 0.15) is 18.4 Å². The summed E-state index contributed by atoms with van der Waals surface area (Å²) in [6, 6.07) is 5.13. The van der Waals surface area contributed by atoms with Crippen LogP contribution in [-0.4, -0.2) is 29.2 Å². The Hall–Kier alpha value is -1.58. The third-order valence-electron chi connectivity index (χ3n) is 1.93. The Kier molecular flexibility index (Phi) is 4.28. The van der Waals surface area contributed by atoms with Crippen LogP contribution in [0.4, 0.5) is 8.78 Å². The number of nitriles is 1. The molecule has 0 amide bonds. The van der Waals surface area contributed by atoms with Crippen LogP contribution in [0.25, 0.3) is 0 Å². The molecular formula is C10H11F2N3O. The molecule has 0 saturated carbocycles. The summed E-state index contributed by atoms with van der Waals surface area (Å²) in [6.45, 7) is -1.71. The highest BCUT2D eigenvalue weighted by molar-refractivity contribution is 5.30. The van der Waals surface area contributed by atoms with Gasteiger partial charge >= 0.3 is 0 Å². The van der Waals surface area contributed by atoms with E-state index in [1.165, 1.54) is 6.20 Å². The molecule has 0 saturated heterocycles. The standard InChI is InChI=1S/C10H11F2N3O/c11-10(12,7-16)6-14-5-8-2-1-3-15-9(8)4-13/h1-3,14,16H,5-7H2. The molecule has 1 heterocycles. The highest BCUT2D eigenvalue weighted by atomic mass is 19.3. The summed E-state index contributed by atoms with van der Waals surface area (Å²) < 4.78 is 25.3. The molecule has 0 radical (unpaired) electrons. The largest absolute Gasteiger partial charge is 0.390 e. The van der Waals surface area contributed by atoms with Crippen LogP contribution in [0.1, 0.15) is 11.3 Å². The third kappa shape index (κ3) is 3.53. The van der Waals surface area contributed by atoms with Gasteiger partial charge in [-0.2, -0.15) is 5.26 Å². The van der Waals surface area contributed by atoms with E-state index < -0.39 is 19.1 Å². The fourth-order valence-corrected chi connectivity index (χ4v) is 1.12. The molecule has 0 atom stereocenters. The predicted molar refractivity (Wildman–Crippen MR) is 52.7 cm³/mol. The van der Waals surface area contributed by atoms with Crippen LogP contribution in [0.3, 0.4) is 0 Å². The molecule has 86 valence electrons. The summed E-state index contributed by atoms with van der Waals surface area (Å²) in [5.74, 6) is -3.14. The van der Waals surface area contributed by atoms with Gasteiger partial charge in [-0.25, -0.2) is 13.8 Å². The van der Waals surface area contributed by atoms with Gasteiger partial charge in [0.15, 0.2) is 0 Å². The number of aromatic nitrogens is 1. The van der Waals surface area contributed by atoms with Gasteiger partial charge in [-0.05, 0) is 6.07 Å². The Morgan fingerprint density at radius 3 is 2.94 bits per heavy atom. The maximum absolute atomic E-state index is 12.6. The molecule has 1 aromatic rings. The van der Waals surface area contributed by atoms with Crippen molar-refractivity contribution < 1.29 is 13.9 Å². The first-order valence-corrected chi connectivity index (χ1v) is 4.62. The summed E-state index contributed by atoms with van der Waals surface area (Å²) in [6.07, 6.45) is 1.46. The van der Waals surface area contributed by atoms with Crippen LogP contribution in [-0.2, 0) is 6.54 Å². The molecule has 1 rings (SSSR count). The van der Waals surface area contributed by atoms with Crippen LogP contribution < -0.4 is 5.32 Å². The van der Waals surface area contributed by atoms with Crippen LogP contribution in [0.5, 0.6) is 0 Å². The van der Waals surface area contributed by atoms with Crippen molar-refractivity contribution in [1.82, 2.24) is 10.3 Å². The third-order valence-corrected chi connectivity index (χ3v) is 1.93. The van der Waals surface area contributed by atoms with Crippen molar-refractivity contribution in [3.05, 3.63) is 29.6 Å². The van der Waals surface area contributed by atoms with E-state index in [2.05, 4.69) is 10.3 Å². The number of rotatable bonds is 5. The predicted octanol–water partition coefficient (Wildman–Crippen LogP) is 0.670. The number of nitrogens with zero attached hydrogens (tertiary/aromatic N) is 2. The van der Waals surface area contributed by atoms with Crippen LogP contribution in [0.15, 0.2) is 18.3 Å². The number of nitrogens with one attached hydrogen (secondary N) is 1. The van der Waals surface area contributed by atoms with Crippen molar-refractivity contribution in [2.45, 2.75) is 12.5 Å². The van der Waals surface area contributed by atoms with Crippen LogP contribution in [0, 0.1) is 11.3 Å².